The summed E-state index contributed by atoms with van der Waals surface area (Å²) in [6, 6.07) is 4.99. The molecule has 1 saturated heterocycles. The van der Waals surface area contributed by atoms with E-state index in [2.05, 4.69) is 0 Å². The SMILES string of the molecule is CN(CCC1CCOCC1)C(=O)c1ccc(Cl)c(Cl)c1. The molecule has 0 N–H and O–H groups in total. The molecule has 110 valence electrons. The van der Waals surface area contributed by atoms with E-state index in [1.54, 1.807) is 23.1 Å². The zero-order chi connectivity index (χ0) is 14.5. The van der Waals surface area contributed by atoms with Crippen LogP contribution in [0.1, 0.15) is 29.6 Å². The van der Waals surface area contributed by atoms with Crippen molar-refractivity contribution in [2.45, 2.75) is 19.3 Å². The number of benzene rings is 1. The van der Waals surface area contributed by atoms with E-state index in [4.69, 9.17) is 27.9 Å². The summed E-state index contributed by atoms with van der Waals surface area (Å²) in [6.07, 6.45) is 3.20. The van der Waals surface area contributed by atoms with Crippen LogP contribution in [0, 0.1) is 5.92 Å². The quantitative estimate of drug-likeness (QED) is 0.843. The van der Waals surface area contributed by atoms with Gasteiger partial charge in [0.15, 0.2) is 0 Å². The predicted molar refractivity (Wildman–Crippen MR) is 81.6 cm³/mol. The van der Waals surface area contributed by atoms with Gasteiger partial charge in [0.05, 0.1) is 10.0 Å². The highest BCUT2D eigenvalue weighted by Gasteiger charge is 2.17. The number of halogens is 2. The molecule has 1 aromatic carbocycles. The second-order valence-corrected chi connectivity index (χ2v) is 6.01. The first-order valence-corrected chi connectivity index (χ1v) is 7.62. The predicted octanol–water partition coefficient (Wildman–Crippen LogP) is 3.88. The van der Waals surface area contributed by atoms with Gasteiger partial charge in [-0.3, -0.25) is 4.79 Å². The van der Waals surface area contributed by atoms with E-state index in [0.29, 0.717) is 21.5 Å². The normalized spacial score (nSPS) is 16.1. The molecule has 1 heterocycles. The van der Waals surface area contributed by atoms with Gasteiger partial charge in [0, 0.05) is 32.4 Å². The second kappa shape index (κ2) is 7.30. The van der Waals surface area contributed by atoms with Gasteiger partial charge in [-0.25, -0.2) is 0 Å². The Kier molecular flexibility index (Phi) is 5.70. The summed E-state index contributed by atoms with van der Waals surface area (Å²) in [6.45, 7) is 2.44. The van der Waals surface area contributed by atoms with Crippen molar-refractivity contribution in [3.63, 3.8) is 0 Å². The molecule has 2 rings (SSSR count). The van der Waals surface area contributed by atoms with E-state index in [0.717, 1.165) is 39.0 Å². The molecule has 0 aliphatic carbocycles. The zero-order valence-electron chi connectivity index (χ0n) is 11.6. The van der Waals surface area contributed by atoms with Crippen molar-refractivity contribution in [1.82, 2.24) is 4.90 Å². The van der Waals surface area contributed by atoms with Gasteiger partial charge in [-0.2, -0.15) is 0 Å². The topological polar surface area (TPSA) is 29.5 Å². The van der Waals surface area contributed by atoms with E-state index < -0.39 is 0 Å². The van der Waals surface area contributed by atoms with Crippen molar-refractivity contribution < 1.29 is 9.53 Å². The molecule has 1 amide bonds. The van der Waals surface area contributed by atoms with E-state index in [1.807, 2.05) is 7.05 Å². The molecule has 1 aromatic rings. The van der Waals surface area contributed by atoms with Crippen LogP contribution in [0.25, 0.3) is 0 Å². The number of carbonyl (C=O) groups is 1. The molecule has 0 atom stereocenters. The summed E-state index contributed by atoms with van der Waals surface area (Å²) in [5.74, 6) is 0.642. The summed E-state index contributed by atoms with van der Waals surface area (Å²) in [5, 5.41) is 0.878. The number of carbonyl (C=O) groups excluding carboxylic acids is 1. The standard InChI is InChI=1S/C15H19Cl2NO2/c1-18(7-4-11-5-8-20-9-6-11)15(19)12-2-3-13(16)14(17)10-12/h2-3,10-11H,4-9H2,1H3. The minimum absolute atomic E-state index is 0.0179. The third-order valence-corrected chi connectivity index (χ3v) is 4.47. The van der Waals surface area contributed by atoms with Gasteiger partial charge in [0.25, 0.3) is 5.91 Å². The van der Waals surface area contributed by atoms with E-state index in [-0.39, 0.29) is 5.91 Å². The maximum Gasteiger partial charge on any atom is 0.253 e. The molecule has 0 unspecified atom stereocenters. The molecule has 0 saturated carbocycles. The molecule has 3 nitrogen and oxygen atoms in total. The zero-order valence-corrected chi connectivity index (χ0v) is 13.1. The van der Waals surface area contributed by atoms with Crippen LogP contribution in [0.3, 0.4) is 0 Å². The van der Waals surface area contributed by atoms with Crippen LogP contribution in [0.5, 0.6) is 0 Å². The Balaban J connectivity index is 1.89. The number of amides is 1. The lowest BCUT2D eigenvalue weighted by atomic mass is 9.96. The number of hydrogen-bond acceptors (Lipinski definition) is 2. The molecular weight excluding hydrogens is 297 g/mol. The number of nitrogens with zero attached hydrogens (tertiary/aromatic N) is 1. The third-order valence-electron chi connectivity index (χ3n) is 3.73. The van der Waals surface area contributed by atoms with Gasteiger partial charge in [-0.1, -0.05) is 23.2 Å². The van der Waals surface area contributed by atoms with Crippen LogP contribution < -0.4 is 0 Å². The van der Waals surface area contributed by atoms with E-state index >= 15 is 0 Å². The van der Waals surface area contributed by atoms with Crippen LogP contribution >= 0.6 is 23.2 Å². The second-order valence-electron chi connectivity index (χ2n) is 5.20. The Morgan fingerprint density at radius 2 is 2.00 bits per heavy atom. The van der Waals surface area contributed by atoms with Crippen molar-refractivity contribution in [3.05, 3.63) is 33.8 Å². The Morgan fingerprint density at radius 1 is 1.30 bits per heavy atom. The lowest BCUT2D eigenvalue weighted by Gasteiger charge is -2.25. The smallest absolute Gasteiger partial charge is 0.253 e. The van der Waals surface area contributed by atoms with E-state index in [1.165, 1.54) is 0 Å². The van der Waals surface area contributed by atoms with Gasteiger partial charge in [-0.15, -0.1) is 0 Å². The van der Waals surface area contributed by atoms with Crippen molar-refractivity contribution in [1.29, 1.82) is 0 Å². The summed E-state index contributed by atoms with van der Waals surface area (Å²) in [7, 11) is 1.82. The lowest BCUT2D eigenvalue weighted by Crippen LogP contribution is -2.30. The fourth-order valence-electron chi connectivity index (χ4n) is 2.36. The van der Waals surface area contributed by atoms with Crippen LogP contribution in [0.15, 0.2) is 18.2 Å². The largest absolute Gasteiger partial charge is 0.381 e. The summed E-state index contributed by atoms with van der Waals surface area (Å²) in [4.78, 5) is 14.0. The van der Waals surface area contributed by atoms with Crippen LogP contribution in [-0.4, -0.2) is 37.6 Å². The molecule has 1 fully saturated rings. The third kappa shape index (κ3) is 4.11. The molecule has 5 heteroatoms. The first kappa shape index (κ1) is 15.6. The Labute approximate surface area is 129 Å². The molecule has 1 aliphatic heterocycles. The Morgan fingerprint density at radius 3 is 2.65 bits per heavy atom. The molecule has 1 aliphatic rings. The number of rotatable bonds is 4. The fourth-order valence-corrected chi connectivity index (χ4v) is 2.66. The van der Waals surface area contributed by atoms with Crippen molar-refractivity contribution in [2.24, 2.45) is 5.92 Å². The van der Waals surface area contributed by atoms with Crippen LogP contribution in [-0.2, 0) is 4.74 Å². The average Bonchev–Trinajstić information content (AvgIpc) is 2.48. The first-order valence-electron chi connectivity index (χ1n) is 6.86. The van der Waals surface area contributed by atoms with Crippen molar-refractivity contribution in [2.75, 3.05) is 26.8 Å². The van der Waals surface area contributed by atoms with Gasteiger partial charge < -0.3 is 9.64 Å². The maximum absolute atomic E-state index is 12.3. The van der Waals surface area contributed by atoms with Gasteiger partial charge in [0.2, 0.25) is 0 Å². The van der Waals surface area contributed by atoms with Gasteiger partial charge >= 0.3 is 0 Å². The van der Waals surface area contributed by atoms with Crippen LogP contribution in [0.2, 0.25) is 10.0 Å². The highest BCUT2D eigenvalue weighted by molar-refractivity contribution is 6.42. The maximum atomic E-state index is 12.3. The monoisotopic (exact) mass is 315 g/mol. The van der Waals surface area contributed by atoms with Crippen LogP contribution in [0.4, 0.5) is 0 Å². The molecule has 0 bridgehead atoms. The molecular formula is C15H19Cl2NO2. The fraction of sp³-hybridized carbons (Fsp3) is 0.533. The Bertz CT molecular complexity index is 473. The Hall–Kier alpha value is -0.770. The van der Waals surface area contributed by atoms with Gasteiger partial charge in [0.1, 0.15) is 0 Å². The molecule has 0 radical (unpaired) electrons. The highest BCUT2D eigenvalue weighted by atomic mass is 35.5. The van der Waals surface area contributed by atoms with Crippen molar-refractivity contribution in [3.8, 4) is 0 Å². The summed E-state index contributed by atoms with van der Waals surface area (Å²) >= 11 is 11.8. The number of hydrogen-bond donors (Lipinski definition) is 0. The lowest BCUT2D eigenvalue weighted by molar-refractivity contribution is 0.0583. The molecule has 0 aromatic heterocycles. The van der Waals surface area contributed by atoms with Crippen molar-refractivity contribution >= 4 is 29.1 Å². The number of ether oxygens (including phenoxy) is 1. The summed E-state index contributed by atoms with van der Waals surface area (Å²) < 4.78 is 5.34. The molecule has 20 heavy (non-hydrogen) atoms. The van der Waals surface area contributed by atoms with Gasteiger partial charge in [-0.05, 0) is 43.4 Å². The summed E-state index contributed by atoms with van der Waals surface area (Å²) in [5.41, 5.74) is 0.578. The average molecular weight is 316 g/mol. The minimum Gasteiger partial charge on any atom is -0.381 e. The highest BCUT2D eigenvalue weighted by Crippen LogP contribution is 2.23. The van der Waals surface area contributed by atoms with E-state index in [9.17, 15) is 4.79 Å². The molecule has 0 spiro atoms. The first-order chi connectivity index (χ1) is 9.58. The minimum atomic E-state index is -0.0179.